The summed E-state index contributed by atoms with van der Waals surface area (Å²) >= 11 is 0. The molecule has 0 spiro atoms. The molecule has 1 aromatic carbocycles. The van der Waals surface area contributed by atoms with Gasteiger partial charge in [-0.2, -0.15) is 0 Å². The molecule has 1 aliphatic rings. The molecule has 0 saturated heterocycles. The lowest BCUT2D eigenvalue weighted by molar-refractivity contribution is -0.123. The van der Waals surface area contributed by atoms with Crippen molar-refractivity contribution in [3.8, 4) is 0 Å². The molecule has 1 fully saturated rings. The molecule has 1 aromatic rings. The van der Waals surface area contributed by atoms with Gasteiger partial charge in [-0.3, -0.25) is 14.3 Å². The van der Waals surface area contributed by atoms with Crippen molar-refractivity contribution in [2.75, 3.05) is 12.9 Å². The SMILES string of the molecule is C[C@H]1CCCC[C@H]1NC(=O)NC(=O)COC(=O)c1ccccc1[S@@](C)=O. The Bertz CT molecular complexity index is 707. The Morgan fingerprint density at radius 3 is 2.58 bits per heavy atom. The first-order valence-corrected chi connectivity index (χ1v) is 10.1. The minimum atomic E-state index is -1.36. The Hall–Kier alpha value is -2.22. The molecule has 2 N–H and O–H groups in total. The third-order valence-electron chi connectivity index (χ3n) is 4.43. The second-order valence-electron chi connectivity index (χ2n) is 6.42. The number of rotatable bonds is 5. The number of imide groups is 1. The van der Waals surface area contributed by atoms with Gasteiger partial charge in [0, 0.05) is 12.3 Å². The van der Waals surface area contributed by atoms with Crippen LogP contribution in [0.4, 0.5) is 4.79 Å². The average molecular weight is 380 g/mol. The maximum Gasteiger partial charge on any atom is 0.339 e. The van der Waals surface area contributed by atoms with Crippen LogP contribution in [0.3, 0.4) is 0 Å². The quantitative estimate of drug-likeness (QED) is 0.761. The van der Waals surface area contributed by atoms with E-state index in [0.717, 1.165) is 25.7 Å². The maximum atomic E-state index is 12.1. The number of carbonyl (C=O) groups is 3. The van der Waals surface area contributed by atoms with Crippen molar-refractivity contribution < 1.29 is 23.3 Å². The average Bonchev–Trinajstić information content (AvgIpc) is 2.61. The summed E-state index contributed by atoms with van der Waals surface area (Å²) in [6.07, 6.45) is 5.60. The van der Waals surface area contributed by atoms with Gasteiger partial charge in [-0.05, 0) is 30.9 Å². The van der Waals surface area contributed by atoms with Gasteiger partial charge in [0.25, 0.3) is 5.91 Å². The standard InChI is InChI=1S/C18H24N2O5S/c1-12-7-3-5-9-14(12)19-18(23)20-16(21)11-25-17(22)13-8-4-6-10-15(13)26(2)24/h4,6,8,10,12,14H,3,5,7,9,11H2,1-2H3,(H2,19,20,21,23)/t12-,14+,26+/m0/s1. The van der Waals surface area contributed by atoms with Gasteiger partial charge in [0.1, 0.15) is 0 Å². The number of urea groups is 1. The first-order chi connectivity index (χ1) is 12.4. The molecule has 0 heterocycles. The molecule has 3 atom stereocenters. The number of carbonyl (C=O) groups excluding carboxylic acids is 3. The van der Waals surface area contributed by atoms with E-state index in [9.17, 15) is 18.6 Å². The highest BCUT2D eigenvalue weighted by atomic mass is 32.2. The molecule has 0 aromatic heterocycles. The second kappa shape index (κ2) is 9.47. The molecule has 3 amide bonds. The predicted molar refractivity (Wildman–Crippen MR) is 97.2 cm³/mol. The molecule has 8 heteroatoms. The molecule has 0 radical (unpaired) electrons. The highest BCUT2D eigenvalue weighted by Crippen LogP contribution is 2.23. The van der Waals surface area contributed by atoms with Crippen molar-refractivity contribution in [3.63, 3.8) is 0 Å². The lowest BCUT2D eigenvalue weighted by atomic mass is 9.86. The monoisotopic (exact) mass is 380 g/mol. The van der Waals surface area contributed by atoms with Gasteiger partial charge in [0.15, 0.2) is 6.61 Å². The minimum Gasteiger partial charge on any atom is -0.452 e. The third-order valence-corrected chi connectivity index (χ3v) is 5.41. The zero-order valence-electron chi connectivity index (χ0n) is 14.9. The largest absolute Gasteiger partial charge is 0.452 e. The molecule has 7 nitrogen and oxygen atoms in total. The number of benzene rings is 1. The van der Waals surface area contributed by atoms with E-state index in [1.165, 1.54) is 12.3 Å². The van der Waals surface area contributed by atoms with Crippen LogP contribution < -0.4 is 10.6 Å². The van der Waals surface area contributed by atoms with Crippen molar-refractivity contribution in [1.29, 1.82) is 0 Å². The lowest BCUT2D eigenvalue weighted by Gasteiger charge is -2.29. The fourth-order valence-electron chi connectivity index (χ4n) is 2.99. The van der Waals surface area contributed by atoms with Crippen LogP contribution in [0.5, 0.6) is 0 Å². The van der Waals surface area contributed by atoms with Gasteiger partial charge in [0.05, 0.1) is 21.3 Å². The Morgan fingerprint density at radius 2 is 1.88 bits per heavy atom. The summed E-state index contributed by atoms with van der Waals surface area (Å²) in [4.78, 5) is 36.1. The Kier molecular flexibility index (Phi) is 7.32. The van der Waals surface area contributed by atoms with Crippen molar-refractivity contribution in [1.82, 2.24) is 10.6 Å². The van der Waals surface area contributed by atoms with Gasteiger partial charge in [-0.25, -0.2) is 9.59 Å². The molecule has 26 heavy (non-hydrogen) atoms. The number of ether oxygens (including phenoxy) is 1. The second-order valence-corrected chi connectivity index (χ2v) is 7.76. The van der Waals surface area contributed by atoms with Crippen LogP contribution in [0.15, 0.2) is 29.2 Å². The van der Waals surface area contributed by atoms with Crippen molar-refractivity contribution in [2.24, 2.45) is 5.92 Å². The normalized spacial score (nSPS) is 20.7. The fraction of sp³-hybridized carbons (Fsp3) is 0.500. The van der Waals surface area contributed by atoms with Gasteiger partial charge in [-0.15, -0.1) is 0 Å². The van der Waals surface area contributed by atoms with E-state index in [1.54, 1.807) is 18.2 Å². The summed E-state index contributed by atoms with van der Waals surface area (Å²) in [6, 6.07) is 5.79. The summed E-state index contributed by atoms with van der Waals surface area (Å²) in [5, 5.41) is 4.96. The summed E-state index contributed by atoms with van der Waals surface area (Å²) < 4.78 is 16.6. The highest BCUT2D eigenvalue weighted by molar-refractivity contribution is 7.84. The van der Waals surface area contributed by atoms with Gasteiger partial charge in [0.2, 0.25) is 0 Å². The first kappa shape index (κ1) is 20.1. The number of hydrogen-bond donors (Lipinski definition) is 2. The van der Waals surface area contributed by atoms with Gasteiger partial charge in [-0.1, -0.05) is 31.9 Å². The van der Waals surface area contributed by atoms with E-state index in [4.69, 9.17) is 4.74 Å². The third kappa shape index (κ3) is 5.66. The Morgan fingerprint density at radius 1 is 1.19 bits per heavy atom. The van der Waals surface area contributed by atoms with Gasteiger partial charge < -0.3 is 10.1 Å². The molecule has 0 unspecified atom stereocenters. The first-order valence-electron chi connectivity index (χ1n) is 8.58. The number of nitrogens with one attached hydrogen (secondary N) is 2. The number of amides is 3. The Labute approximate surface area is 155 Å². The number of hydrogen-bond acceptors (Lipinski definition) is 5. The van der Waals surface area contributed by atoms with Crippen LogP contribution in [0.25, 0.3) is 0 Å². The minimum absolute atomic E-state index is 0.0468. The lowest BCUT2D eigenvalue weighted by Crippen LogP contribution is -2.48. The molecule has 2 rings (SSSR count). The van der Waals surface area contributed by atoms with E-state index in [2.05, 4.69) is 17.6 Å². The van der Waals surface area contributed by atoms with Crippen LogP contribution >= 0.6 is 0 Å². The molecule has 0 bridgehead atoms. The van der Waals surface area contributed by atoms with Crippen LogP contribution in [0.1, 0.15) is 43.0 Å². The summed E-state index contributed by atoms with van der Waals surface area (Å²) in [5.74, 6) is -1.10. The van der Waals surface area contributed by atoms with Crippen LogP contribution in [0.2, 0.25) is 0 Å². The van der Waals surface area contributed by atoms with E-state index in [1.807, 2.05) is 0 Å². The van der Waals surface area contributed by atoms with Crippen LogP contribution in [-0.4, -0.2) is 41.0 Å². The Balaban J connectivity index is 1.82. The summed E-state index contributed by atoms with van der Waals surface area (Å²) in [6.45, 7) is 1.49. The van der Waals surface area contributed by atoms with Gasteiger partial charge >= 0.3 is 12.0 Å². The van der Waals surface area contributed by atoms with Crippen molar-refractivity contribution in [3.05, 3.63) is 29.8 Å². The van der Waals surface area contributed by atoms with E-state index in [-0.39, 0.29) is 11.6 Å². The molecule has 1 aliphatic carbocycles. The van der Waals surface area contributed by atoms with Crippen molar-refractivity contribution in [2.45, 2.75) is 43.5 Å². The molecular weight excluding hydrogens is 356 g/mol. The zero-order valence-corrected chi connectivity index (χ0v) is 15.8. The predicted octanol–water partition coefficient (Wildman–Crippen LogP) is 1.99. The summed E-state index contributed by atoms with van der Waals surface area (Å²) in [7, 11) is -1.36. The molecular formula is C18H24N2O5S. The van der Waals surface area contributed by atoms with E-state index < -0.39 is 35.3 Å². The smallest absolute Gasteiger partial charge is 0.339 e. The van der Waals surface area contributed by atoms with E-state index in [0.29, 0.717) is 10.8 Å². The fourth-order valence-corrected chi connectivity index (χ4v) is 3.72. The topological polar surface area (TPSA) is 102 Å². The highest BCUT2D eigenvalue weighted by Gasteiger charge is 2.23. The van der Waals surface area contributed by atoms with Crippen LogP contribution in [-0.2, 0) is 20.3 Å². The van der Waals surface area contributed by atoms with Crippen LogP contribution in [0, 0.1) is 5.92 Å². The molecule has 0 aliphatic heterocycles. The van der Waals surface area contributed by atoms with E-state index >= 15 is 0 Å². The van der Waals surface area contributed by atoms with Crippen molar-refractivity contribution >= 4 is 28.7 Å². The zero-order chi connectivity index (χ0) is 19.1. The molecule has 1 saturated carbocycles. The molecule has 142 valence electrons. The number of esters is 1. The summed E-state index contributed by atoms with van der Waals surface area (Å²) in [5.41, 5.74) is 0.140. The maximum absolute atomic E-state index is 12.1.